The first-order valence-electron chi connectivity index (χ1n) is 10.8. The Kier molecular flexibility index (Phi) is 5.02. The lowest BCUT2D eigenvalue weighted by atomic mass is 9.82. The molecule has 3 aliphatic heterocycles. The fraction of sp³-hybridized carbons (Fsp3) is 0.478. The number of aromatic nitrogens is 1. The first-order chi connectivity index (χ1) is 14.9. The van der Waals surface area contributed by atoms with E-state index in [9.17, 15) is 18.0 Å². The largest absolute Gasteiger partial charge is 0.416 e. The van der Waals surface area contributed by atoms with Crippen LogP contribution in [-0.2, 0) is 17.4 Å². The summed E-state index contributed by atoms with van der Waals surface area (Å²) in [5.41, 5.74) is 0.795. The number of anilines is 2. The zero-order valence-corrected chi connectivity index (χ0v) is 17.2. The summed E-state index contributed by atoms with van der Waals surface area (Å²) in [5.74, 6) is 0.576. The van der Waals surface area contributed by atoms with Gasteiger partial charge in [0.1, 0.15) is 5.82 Å². The lowest BCUT2D eigenvalue weighted by molar-refractivity contribution is -0.137. The number of carbonyl (C=O) groups excluding carboxylic acids is 1. The summed E-state index contributed by atoms with van der Waals surface area (Å²) >= 11 is 0. The van der Waals surface area contributed by atoms with Gasteiger partial charge >= 0.3 is 6.18 Å². The first kappa shape index (κ1) is 20.2. The number of fused-ring (bicyclic) bond motifs is 3. The van der Waals surface area contributed by atoms with Crippen LogP contribution in [0.25, 0.3) is 0 Å². The molecule has 5 nitrogen and oxygen atoms in total. The van der Waals surface area contributed by atoms with Gasteiger partial charge in [-0.05, 0) is 55.2 Å². The van der Waals surface area contributed by atoms with Gasteiger partial charge in [0.25, 0.3) is 0 Å². The first-order valence-corrected chi connectivity index (χ1v) is 10.8. The van der Waals surface area contributed by atoms with Crippen molar-refractivity contribution in [3.8, 4) is 0 Å². The van der Waals surface area contributed by atoms with Crippen LogP contribution in [0.4, 0.5) is 24.7 Å². The summed E-state index contributed by atoms with van der Waals surface area (Å²) in [5, 5.41) is 0. The third-order valence-electron chi connectivity index (χ3n) is 6.75. The van der Waals surface area contributed by atoms with Crippen molar-refractivity contribution >= 4 is 17.4 Å². The maximum atomic E-state index is 13.4. The van der Waals surface area contributed by atoms with Crippen LogP contribution < -0.4 is 9.80 Å². The van der Waals surface area contributed by atoms with Crippen molar-refractivity contribution in [3.05, 3.63) is 53.7 Å². The van der Waals surface area contributed by atoms with Gasteiger partial charge in [0.2, 0.25) is 5.91 Å². The van der Waals surface area contributed by atoms with E-state index < -0.39 is 11.7 Å². The molecular weight excluding hydrogens is 405 g/mol. The molecule has 0 N–H and O–H groups in total. The Morgan fingerprint density at radius 1 is 1.03 bits per heavy atom. The van der Waals surface area contributed by atoms with Crippen molar-refractivity contribution in [1.82, 2.24) is 9.88 Å². The Balaban J connectivity index is 1.50. The molecule has 1 amide bonds. The summed E-state index contributed by atoms with van der Waals surface area (Å²) in [6, 6.07) is 9.65. The maximum absolute atomic E-state index is 13.4. The van der Waals surface area contributed by atoms with E-state index in [2.05, 4.69) is 14.8 Å². The normalized spacial score (nSPS) is 23.5. The van der Waals surface area contributed by atoms with E-state index in [1.54, 1.807) is 12.3 Å². The Hall–Kier alpha value is -2.77. The molecule has 0 radical (unpaired) electrons. The summed E-state index contributed by atoms with van der Waals surface area (Å²) in [6.07, 6.45) is -0.323. The predicted octanol–water partition coefficient (Wildman–Crippen LogP) is 3.59. The number of pyridine rings is 1. The average Bonchev–Trinajstić information content (AvgIpc) is 3.32. The molecule has 5 rings (SSSR count). The molecule has 8 heteroatoms. The van der Waals surface area contributed by atoms with E-state index in [0.717, 1.165) is 43.5 Å². The smallest absolute Gasteiger partial charge is 0.364 e. The van der Waals surface area contributed by atoms with Crippen molar-refractivity contribution in [1.29, 1.82) is 0 Å². The number of likely N-dealkylation sites (tertiary alicyclic amines) is 1. The number of halogens is 3. The molecule has 2 atom stereocenters. The second kappa shape index (κ2) is 7.73. The van der Waals surface area contributed by atoms with Gasteiger partial charge in [-0.3, -0.25) is 4.79 Å². The monoisotopic (exact) mass is 430 g/mol. The van der Waals surface area contributed by atoms with Gasteiger partial charge in [-0.1, -0.05) is 6.07 Å². The van der Waals surface area contributed by atoms with Gasteiger partial charge in [0.15, 0.2) is 0 Å². The van der Waals surface area contributed by atoms with Gasteiger partial charge in [-0.25, -0.2) is 4.98 Å². The Morgan fingerprint density at radius 2 is 1.84 bits per heavy atom. The van der Waals surface area contributed by atoms with Crippen molar-refractivity contribution in [2.75, 3.05) is 42.5 Å². The number of piperazine rings is 1. The number of benzene rings is 1. The van der Waals surface area contributed by atoms with Crippen LogP contribution in [0, 0.1) is 5.92 Å². The minimum Gasteiger partial charge on any atom is -0.364 e. The third-order valence-corrected chi connectivity index (χ3v) is 6.75. The number of hydrogen-bond donors (Lipinski definition) is 0. The molecule has 164 valence electrons. The highest BCUT2D eigenvalue weighted by atomic mass is 19.4. The van der Waals surface area contributed by atoms with E-state index >= 15 is 0 Å². The van der Waals surface area contributed by atoms with Gasteiger partial charge < -0.3 is 14.7 Å². The fourth-order valence-electron chi connectivity index (χ4n) is 5.20. The quantitative estimate of drug-likeness (QED) is 0.730. The number of hydrogen-bond acceptors (Lipinski definition) is 4. The molecule has 2 aromatic rings. The van der Waals surface area contributed by atoms with Crippen LogP contribution in [-0.4, -0.2) is 54.6 Å². The molecule has 3 aliphatic rings. The topological polar surface area (TPSA) is 39.7 Å². The highest BCUT2D eigenvalue weighted by Crippen LogP contribution is 2.40. The van der Waals surface area contributed by atoms with Crippen LogP contribution >= 0.6 is 0 Å². The number of rotatable bonds is 2. The van der Waals surface area contributed by atoms with E-state index in [4.69, 9.17) is 0 Å². The Labute approximate surface area is 179 Å². The summed E-state index contributed by atoms with van der Waals surface area (Å²) < 4.78 is 40.0. The van der Waals surface area contributed by atoms with Gasteiger partial charge in [0.05, 0.1) is 17.5 Å². The van der Waals surface area contributed by atoms with E-state index in [1.807, 2.05) is 23.1 Å². The van der Waals surface area contributed by atoms with Crippen molar-refractivity contribution in [2.45, 2.75) is 31.5 Å². The molecule has 0 bridgehead atoms. The number of alkyl halides is 3. The summed E-state index contributed by atoms with van der Waals surface area (Å²) in [7, 11) is 0. The standard InChI is InChI=1S/C23H25F3N4O/c24-23(25,26)17-6-7-19-16(13-17)14-18(22(31)28-9-3-4-10-28)20-15-29(11-12-30(19)20)21-5-1-2-8-27-21/h1-2,5-8,13,18,20H,3-4,9-12,14-15H2/t18-,20-/m0/s1. The zero-order chi connectivity index (χ0) is 21.6. The molecule has 1 aromatic carbocycles. The van der Waals surface area contributed by atoms with Gasteiger partial charge in [-0.15, -0.1) is 0 Å². The molecule has 0 saturated carbocycles. The molecule has 0 aliphatic carbocycles. The minimum absolute atomic E-state index is 0.0680. The van der Waals surface area contributed by atoms with Crippen LogP contribution in [0.1, 0.15) is 24.0 Å². The second-order valence-electron chi connectivity index (χ2n) is 8.58. The van der Waals surface area contributed by atoms with E-state index in [-0.39, 0.29) is 17.9 Å². The highest BCUT2D eigenvalue weighted by Gasteiger charge is 2.44. The average molecular weight is 430 g/mol. The van der Waals surface area contributed by atoms with Crippen LogP contribution in [0.2, 0.25) is 0 Å². The number of amides is 1. The lowest BCUT2D eigenvalue weighted by Crippen LogP contribution is -2.61. The summed E-state index contributed by atoms with van der Waals surface area (Å²) in [6.45, 7) is 3.45. The summed E-state index contributed by atoms with van der Waals surface area (Å²) in [4.78, 5) is 24.1. The van der Waals surface area contributed by atoms with Crippen molar-refractivity contribution < 1.29 is 18.0 Å². The molecule has 31 heavy (non-hydrogen) atoms. The lowest BCUT2D eigenvalue weighted by Gasteiger charge is -2.50. The second-order valence-corrected chi connectivity index (χ2v) is 8.58. The number of nitrogens with zero attached hydrogens (tertiary/aromatic N) is 4. The molecule has 0 unspecified atom stereocenters. The van der Waals surface area contributed by atoms with Gasteiger partial charge in [-0.2, -0.15) is 13.2 Å². The molecule has 2 fully saturated rings. The fourth-order valence-corrected chi connectivity index (χ4v) is 5.20. The SMILES string of the molecule is O=C([C@H]1Cc2cc(C(F)(F)F)ccc2N2CCN(c3ccccn3)C[C@@H]12)N1CCCC1. The van der Waals surface area contributed by atoms with Crippen molar-refractivity contribution in [2.24, 2.45) is 5.92 Å². The molecule has 1 aromatic heterocycles. The minimum atomic E-state index is -4.39. The number of carbonyl (C=O) groups is 1. The Bertz CT molecular complexity index is 959. The maximum Gasteiger partial charge on any atom is 0.416 e. The van der Waals surface area contributed by atoms with Crippen molar-refractivity contribution in [3.63, 3.8) is 0 Å². The van der Waals surface area contributed by atoms with Crippen LogP contribution in [0.5, 0.6) is 0 Å². The Morgan fingerprint density at radius 3 is 2.55 bits per heavy atom. The van der Waals surface area contributed by atoms with Crippen LogP contribution in [0.3, 0.4) is 0 Å². The molecule has 4 heterocycles. The van der Waals surface area contributed by atoms with E-state index in [0.29, 0.717) is 31.6 Å². The van der Waals surface area contributed by atoms with E-state index in [1.165, 1.54) is 6.07 Å². The van der Waals surface area contributed by atoms with Crippen LogP contribution in [0.15, 0.2) is 42.6 Å². The van der Waals surface area contributed by atoms with Gasteiger partial charge in [0, 0.05) is 44.6 Å². The predicted molar refractivity (Wildman–Crippen MR) is 112 cm³/mol. The molecular formula is C23H25F3N4O. The molecule has 2 saturated heterocycles. The zero-order valence-electron chi connectivity index (χ0n) is 17.2. The highest BCUT2D eigenvalue weighted by molar-refractivity contribution is 5.82. The third kappa shape index (κ3) is 3.72. The molecule has 0 spiro atoms.